The molecule has 1 aromatic heterocycles. The molecule has 0 fully saturated rings. The van der Waals surface area contributed by atoms with Crippen molar-refractivity contribution >= 4 is 52.1 Å². The van der Waals surface area contributed by atoms with Crippen molar-refractivity contribution in [3.63, 3.8) is 0 Å². The highest BCUT2D eigenvalue weighted by Crippen LogP contribution is 2.29. The van der Waals surface area contributed by atoms with Gasteiger partial charge in [0.05, 0.1) is 15.8 Å². The lowest BCUT2D eigenvalue weighted by molar-refractivity contribution is -0.140. The molecule has 2 rings (SSSR count). The zero-order valence-electron chi connectivity index (χ0n) is 14.5. The monoisotopic (exact) mass is 532 g/mol. The van der Waals surface area contributed by atoms with Crippen LogP contribution >= 0.6 is 35.3 Å². The van der Waals surface area contributed by atoms with Gasteiger partial charge in [0.2, 0.25) is 0 Å². The maximum Gasteiger partial charge on any atom is 0.434 e. The number of nitrogens with zero attached hydrogens (tertiary/aromatic N) is 2. The number of hydrogen-bond donors (Lipinski definition) is 2. The van der Waals surface area contributed by atoms with Crippen LogP contribution in [0, 0.1) is 0 Å². The Balaban J connectivity index is 0.00000364. The van der Waals surface area contributed by atoms with Crippen LogP contribution in [0.25, 0.3) is 0 Å². The number of alkyl halides is 3. The van der Waals surface area contributed by atoms with Crippen molar-refractivity contribution in [3.05, 3.63) is 46.4 Å². The summed E-state index contributed by atoms with van der Waals surface area (Å²) < 4.78 is 49.6. The van der Waals surface area contributed by atoms with Crippen LogP contribution in [0.4, 0.5) is 13.2 Å². The number of rotatable bonds is 7. The fraction of sp³-hybridized carbons (Fsp3) is 0.375. The summed E-state index contributed by atoms with van der Waals surface area (Å²) >= 11 is 0.983. The summed E-state index contributed by atoms with van der Waals surface area (Å²) in [6.07, 6.45) is -4.05. The molecule has 27 heavy (non-hydrogen) atoms. The van der Waals surface area contributed by atoms with Crippen LogP contribution in [-0.4, -0.2) is 41.0 Å². The van der Waals surface area contributed by atoms with E-state index < -0.39 is 22.7 Å². The van der Waals surface area contributed by atoms with Gasteiger partial charge in [0.25, 0.3) is 0 Å². The first kappa shape index (κ1) is 23.8. The zero-order valence-corrected chi connectivity index (χ0v) is 18.4. The van der Waals surface area contributed by atoms with Crippen molar-refractivity contribution in [2.24, 2.45) is 4.99 Å². The van der Waals surface area contributed by atoms with Gasteiger partial charge in [-0.25, -0.2) is 4.98 Å². The molecule has 2 aromatic rings. The van der Waals surface area contributed by atoms with E-state index in [1.54, 1.807) is 7.05 Å². The predicted octanol–water partition coefficient (Wildman–Crippen LogP) is 3.30. The van der Waals surface area contributed by atoms with Gasteiger partial charge in [-0.2, -0.15) is 13.2 Å². The van der Waals surface area contributed by atoms with Crippen molar-refractivity contribution in [2.45, 2.75) is 17.5 Å². The van der Waals surface area contributed by atoms with Gasteiger partial charge in [0.1, 0.15) is 0 Å². The summed E-state index contributed by atoms with van der Waals surface area (Å²) in [6, 6.07) is 9.16. The summed E-state index contributed by atoms with van der Waals surface area (Å²) in [5.41, 5.74) is -0.858. The van der Waals surface area contributed by atoms with E-state index in [9.17, 15) is 17.4 Å². The standard InChI is InChI=1S/C16H19F3N4OS2.HI/c1-20-15(22-9-10-26(24)12-5-3-2-4-6-12)21-8-7-14-23-13(11-25-14)16(17,18)19;/h2-6,11H,7-10H2,1H3,(H2,20,21,22);1H. The third-order valence-corrected chi connectivity index (χ3v) is 5.56. The Labute approximate surface area is 179 Å². The fourth-order valence-electron chi connectivity index (χ4n) is 2.02. The van der Waals surface area contributed by atoms with Gasteiger partial charge >= 0.3 is 6.18 Å². The molecule has 0 amide bonds. The first-order chi connectivity index (χ1) is 12.4. The predicted molar refractivity (Wildman–Crippen MR) is 113 cm³/mol. The Hall–Kier alpha value is -1.21. The molecule has 0 saturated heterocycles. The van der Waals surface area contributed by atoms with Crippen LogP contribution in [0.2, 0.25) is 0 Å². The normalized spacial score (nSPS) is 13.0. The smallest absolute Gasteiger partial charge is 0.356 e. The molecule has 0 aliphatic rings. The molecular weight excluding hydrogens is 512 g/mol. The molecule has 11 heteroatoms. The van der Waals surface area contributed by atoms with E-state index in [2.05, 4.69) is 20.6 Å². The lowest BCUT2D eigenvalue weighted by atomic mass is 10.4. The number of aromatic nitrogens is 1. The SMILES string of the molecule is CN=C(NCCc1nc(C(F)(F)F)cs1)NCCS(=O)c1ccccc1.I. The maximum absolute atomic E-state index is 12.5. The third kappa shape index (κ3) is 8.13. The van der Waals surface area contributed by atoms with Gasteiger partial charge in [-0.1, -0.05) is 18.2 Å². The Morgan fingerprint density at radius 1 is 1.22 bits per heavy atom. The number of guanidine groups is 1. The van der Waals surface area contributed by atoms with Crippen LogP contribution in [0.1, 0.15) is 10.7 Å². The molecule has 0 aliphatic carbocycles. The lowest BCUT2D eigenvalue weighted by Gasteiger charge is -2.11. The summed E-state index contributed by atoms with van der Waals surface area (Å²) in [5, 5.41) is 7.46. The Bertz CT molecular complexity index is 754. The second-order valence-corrected chi connectivity index (χ2v) is 7.68. The van der Waals surface area contributed by atoms with E-state index in [-0.39, 0.29) is 24.0 Å². The van der Waals surface area contributed by atoms with Crippen molar-refractivity contribution in [3.8, 4) is 0 Å². The molecular formula is C16H20F3IN4OS2. The number of hydrogen-bond acceptors (Lipinski definition) is 4. The van der Waals surface area contributed by atoms with Gasteiger partial charge in [-0.3, -0.25) is 9.20 Å². The average Bonchev–Trinajstić information content (AvgIpc) is 3.10. The van der Waals surface area contributed by atoms with E-state index >= 15 is 0 Å². The average molecular weight is 532 g/mol. The highest BCUT2D eigenvalue weighted by Gasteiger charge is 2.33. The first-order valence-corrected chi connectivity index (χ1v) is 9.99. The minimum Gasteiger partial charge on any atom is -0.356 e. The second-order valence-electron chi connectivity index (χ2n) is 5.16. The van der Waals surface area contributed by atoms with Crippen molar-refractivity contribution in [1.82, 2.24) is 15.6 Å². The van der Waals surface area contributed by atoms with E-state index in [1.165, 1.54) is 0 Å². The molecule has 150 valence electrons. The number of thiazole rings is 1. The van der Waals surface area contributed by atoms with E-state index in [0.29, 0.717) is 36.2 Å². The molecule has 1 heterocycles. The Kier molecular flexibility index (Phi) is 10.2. The van der Waals surface area contributed by atoms with Crippen LogP contribution in [0.5, 0.6) is 0 Å². The summed E-state index contributed by atoms with van der Waals surface area (Å²) in [4.78, 5) is 8.37. The minimum atomic E-state index is -4.41. The number of nitrogens with one attached hydrogen (secondary N) is 2. The van der Waals surface area contributed by atoms with Crippen molar-refractivity contribution in [1.29, 1.82) is 0 Å². The topological polar surface area (TPSA) is 66.4 Å². The second kappa shape index (κ2) is 11.6. The summed E-state index contributed by atoms with van der Waals surface area (Å²) in [7, 11) is 0.489. The van der Waals surface area contributed by atoms with Crippen molar-refractivity contribution in [2.75, 3.05) is 25.9 Å². The molecule has 2 N–H and O–H groups in total. The van der Waals surface area contributed by atoms with Gasteiger partial charge < -0.3 is 10.6 Å². The van der Waals surface area contributed by atoms with E-state index in [4.69, 9.17) is 0 Å². The largest absolute Gasteiger partial charge is 0.434 e. The minimum absolute atomic E-state index is 0. The molecule has 1 atom stereocenters. The Morgan fingerprint density at radius 2 is 1.89 bits per heavy atom. The Morgan fingerprint density at radius 3 is 2.48 bits per heavy atom. The van der Waals surface area contributed by atoms with Crippen LogP contribution in [0.15, 0.2) is 45.6 Å². The molecule has 1 unspecified atom stereocenters. The molecule has 1 aromatic carbocycles. The van der Waals surface area contributed by atoms with Crippen LogP contribution in [0.3, 0.4) is 0 Å². The van der Waals surface area contributed by atoms with Crippen molar-refractivity contribution < 1.29 is 17.4 Å². The molecule has 0 spiro atoms. The summed E-state index contributed by atoms with van der Waals surface area (Å²) in [5.74, 6) is 0.925. The van der Waals surface area contributed by atoms with E-state index in [0.717, 1.165) is 21.6 Å². The third-order valence-electron chi connectivity index (χ3n) is 3.28. The highest BCUT2D eigenvalue weighted by atomic mass is 127. The van der Waals surface area contributed by atoms with E-state index in [1.807, 2.05) is 30.3 Å². The first-order valence-electron chi connectivity index (χ1n) is 7.79. The van der Waals surface area contributed by atoms with Gasteiger partial charge in [-0.15, -0.1) is 35.3 Å². The van der Waals surface area contributed by atoms with Gasteiger partial charge in [0, 0.05) is 42.6 Å². The maximum atomic E-state index is 12.5. The molecule has 0 saturated carbocycles. The lowest BCUT2D eigenvalue weighted by Crippen LogP contribution is -2.40. The molecule has 0 aliphatic heterocycles. The van der Waals surface area contributed by atoms with Gasteiger partial charge in [0.15, 0.2) is 11.7 Å². The number of halogens is 4. The van der Waals surface area contributed by atoms with Gasteiger partial charge in [-0.05, 0) is 12.1 Å². The highest BCUT2D eigenvalue weighted by molar-refractivity contribution is 14.0. The number of benzene rings is 1. The quantitative estimate of drug-likeness (QED) is 0.327. The molecule has 0 bridgehead atoms. The molecule has 0 radical (unpaired) electrons. The van der Waals surface area contributed by atoms with Crippen LogP contribution < -0.4 is 10.6 Å². The number of aliphatic imine (C=N–C) groups is 1. The zero-order chi connectivity index (χ0) is 19.0. The molecule has 5 nitrogen and oxygen atoms in total. The fourth-order valence-corrected chi connectivity index (χ4v) is 3.81. The van der Waals surface area contributed by atoms with Crippen LogP contribution in [-0.2, 0) is 23.4 Å². The summed E-state index contributed by atoms with van der Waals surface area (Å²) in [6.45, 7) is 0.850.